The molecule has 0 aliphatic rings. The Morgan fingerprint density at radius 2 is 1.64 bits per heavy atom. The molecule has 0 rings (SSSR count). The van der Waals surface area contributed by atoms with Crippen molar-refractivity contribution in [2.45, 2.75) is 19.9 Å². The van der Waals surface area contributed by atoms with Crippen LogP contribution in [0, 0.1) is 5.92 Å². The number of hydrogen-bond donors (Lipinski definition) is 2. The second-order valence-corrected chi connectivity index (χ2v) is 2.11. The van der Waals surface area contributed by atoms with Gasteiger partial charge in [0.05, 0.1) is 0 Å². The van der Waals surface area contributed by atoms with Crippen molar-refractivity contribution >= 4 is 43.7 Å². The molecule has 1 atom stereocenters. The van der Waals surface area contributed by atoms with Crippen LogP contribution in [0.15, 0.2) is 0 Å². The maximum absolute atomic E-state index is 10.0. The molecule has 0 aromatic rings. The molecule has 0 aromatic carbocycles. The summed E-state index contributed by atoms with van der Waals surface area (Å²) in [6, 6.07) is -0.713. The molecule has 0 saturated heterocycles. The molecule has 0 spiro atoms. The van der Waals surface area contributed by atoms with Gasteiger partial charge in [0, 0.05) is 0 Å². The van der Waals surface area contributed by atoms with Crippen LogP contribution in [0.25, 0.3) is 0 Å². The summed E-state index contributed by atoms with van der Waals surface area (Å²) < 4.78 is 0. The van der Waals surface area contributed by atoms with E-state index in [1.165, 1.54) is 0 Å². The Balaban J connectivity index is -0.0000000817. The standard InChI is InChI=1S/C5H11NO2.Ca.2H2O.2H/c1-3(2)4(6)5(7)8;;;;;/h3-4H,6H2,1-2H3,(H,7,8);;2*1H2;;. The van der Waals surface area contributed by atoms with Gasteiger partial charge in [0.25, 0.3) is 0 Å². The maximum atomic E-state index is 10.0. The van der Waals surface area contributed by atoms with Crippen LogP contribution in [-0.2, 0) is 4.79 Å². The topological polar surface area (TPSA) is 126 Å². The van der Waals surface area contributed by atoms with E-state index in [1.807, 2.05) is 0 Å². The summed E-state index contributed by atoms with van der Waals surface area (Å²) in [5.74, 6) is -0.910. The van der Waals surface area contributed by atoms with Crippen molar-refractivity contribution in [1.29, 1.82) is 0 Å². The van der Waals surface area contributed by atoms with Gasteiger partial charge in [0.2, 0.25) is 0 Å². The third-order valence-corrected chi connectivity index (χ3v) is 1.00. The summed E-state index contributed by atoms with van der Waals surface area (Å²) in [6.07, 6.45) is 0. The molecule has 0 fully saturated rings. The number of aliphatic carboxylic acids is 1. The Labute approximate surface area is 95.6 Å². The predicted molar refractivity (Wildman–Crippen MR) is 46.2 cm³/mol. The van der Waals surface area contributed by atoms with Gasteiger partial charge in [-0.05, 0) is 5.92 Å². The van der Waals surface area contributed by atoms with Crippen molar-refractivity contribution in [2.75, 3.05) is 0 Å². The van der Waals surface area contributed by atoms with Gasteiger partial charge in [-0.15, -0.1) is 0 Å². The first-order valence-electron chi connectivity index (χ1n) is 2.54. The molecule has 0 radical (unpaired) electrons. The minimum atomic E-state index is -0.931. The van der Waals surface area contributed by atoms with Gasteiger partial charge in [-0.1, -0.05) is 13.8 Å². The fraction of sp³-hybridized carbons (Fsp3) is 0.800. The Hall–Kier alpha value is 0.610. The Morgan fingerprint density at radius 1 is 1.36 bits per heavy atom. The van der Waals surface area contributed by atoms with Gasteiger partial charge in [-0.2, -0.15) is 0 Å². The van der Waals surface area contributed by atoms with Crippen molar-refractivity contribution in [3.63, 3.8) is 0 Å². The van der Waals surface area contributed by atoms with Crippen molar-refractivity contribution in [3.05, 3.63) is 0 Å². The van der Waals surface area contributed by atoms with Crippen molar-refractivity contribution in [1.82, 2.24) is 0 Å². The van der Waals surface area contributed by atoms with E-state index in [2.05, 4.69) is 0 Å². The molecule has 7 N–H and O–H groups in total. The van der Waals surface area contributed by atoms with Gasteiger partial charge >= 0.3 is 43.7 Å². The zero-order valence-corrected chi connectivity index (χ0v) is 6.09. The third kappa shape index (κ3) is 10.6. The summed E-state index contributed by atoms with van der Waals surface area (Å²) >= 11 is 0. The number of carboxylic acid groups (broad SMARTS) is 1. The number of hydrogen-bond acceptors (Lipinski definition) is 2. The Kier molecular flexibility index (Phi) is 21.8. The zero-order valence-electron chi connectivity index (χ0n) is 6.09. The zero-order chi connectivity index (χ0) is 6.73. The molecule has 6 heteroatoms. The molecular weight excluding hydrogens is 178 g/mol. The first-order chi connectivity index (χ1) is 3.55. The average molecular weight is 195 g/mol. The summed E-state index contributed by atoms with van der Waals surface area (Å²) in [5.41, 5.74) is 5.16. The van der Waals surface area contributed by atoms with E-state index in [9.17, 15) is 4.79 Å². The normalized spacial score (nSPS) is 10.2. The summed E-state index contributed by atoms with van der Waals surface area (Å²) in [7, 11) is 0. The molecular formula is C5H17CaNO4. The van der Waals surface area contributed by atoms with E-state index in [0.29, 0.717) is 0 Å². The molecule has 0 bridgehead atoms. The van der Waals surface area contributed by atoms with Gasteiger partial charge in [-0.3, -0.25) is 4.79 Å². The number of nitrogens with two attached hydrogens (primary N) is 1. The predicted octanol–water partition coefficient (Wildman–Crippen LogP) is -2.51. The molecule has 0 amide bonds. The van der Waals surface area contributed by atoms with Gasteiger partial charge in [-0.25, -0.2) is 0 Å². The number of carbonyl (C=O) groups is 1. The Bertz CT molecular complexity index is 98.5. The molecule has 1 unspecified atom stereocenters. The van der Waals surface area contributed by atoms with Crippen LogP contribution in [0.2, 0.25) is 0 Å². The average Bonchev–Trinajstić information content (AvgIpc) is 1.64. The van der Waals surface area contributed by atoms with Crippen LogP contribution in [0.1, 0.15) is 13.8 Å². The van der Waals surface area contributed by atoms with E-state index < -0.39 is 12.0 Å². The fourth-order valence-corrected chi connectivity index (χ4v) is 0.285. The molecule has 5 nitrogen and oxygen atoms in total. The molecule has 0 saturated carbocycles. The molecule has 0 aromatic heterocycles. The SMILES string of the molecule is CC(C)C(N)C(=O)O.O.O.[CaH2]. The van der Waals surface area contributed by atoms with Crippen LogP contribution in [-0.4, -0.2) is 65.8 Å². The van der Waals surface area contributed by atoms with Crippen molar-refractivity contribution in [2.24, 2.45) is 11.7 Å². The number of rotatable bonds is 2. The quantitative estimate of drug-likeness (QED) is 0.472. The monoisotopic (exact) mass is 195 g/mol. The van der Waals surface area contributed by atoms with E-state index >= 15 is 0 Å². The van der Waals surface area contributed by atoms with Crippen molar-refractivity contribution < 1.29 is 20.9 Å². The summed E-state index contributed by atoms with van der Waals surface area (Å²) in [6.45, 7) is 3.55. The van der Waals surface area contributed by atoms with Crippen LogP contribution in [0.3, 0.4) is 0 Å². The van der Waals surface area contributed by atoms with E-state index in [1.54, 1.807) is 13.8 Å². The molecule has 0 aliphatic heterocycles. The number of carboxylic acids is 1. The van der Waals surface area contributed by atoms with Crippen LogP contribution >= 0.6 is 0 Å². The van der Waals surface area contributed by atoms with Crippen molar-refractivity contribution in [3.8, 4) is 0 Å². The Morgan fingerprint density at radius 3 is 1.64 bits per heavy atom. The second-order valence-electron chi connectivity index (χ2n) is 2.11. The molecule has 11 heavy (non-hydrogen) atoms. The summed E-state index contributed by atoms with van der Waals surface area (Å²) in [4.78, 5) is 10.0. The second kappa shape index (κ2) is 10.6. The van der Waals surface area contributed by atoms with Gasteiger partial charge in [0.1, 0.15) is 6.04 Å². The van der Waals surface area contributed by atoms with E-state index in [4.69, 9.17) is 10.8 Å². The third-order valence-electron chi connectivity index (χ3n) is 1.00. The fourth-order valence-electron chi connectivity index (χ4n) is 0.285. The van der Waals surface area contributed by atoms with Gasteiger partial charge < -0.3 is 21.8 Å². The van der Waals surface area contributed by atoms with Crippen LogP contribution in [0.5, 0.6) is 0 Å². The van der Waals surface area contributed by atoms with Crippen LogP contribution < -0.4 is 5.73 Å². The van der Waals surface area contributed by atoms with Gasteiger partial charge in [0.15, 0.2) is 0 Å². The first-order valence-corrected chi connectivity index (χ1v) is 2.54. The van der Waals surface area contributed by atoms with E-state index in [-0.39, 0.29) is 54.6 Å². The molecule has 68 valence electrons. The van der Waals surface area contributed by atoms with Crippen LogP contribution in [0.4, 0.5) is 0 Å². The molecule has 0 aliphatic carbocycles. The molecule has 0 heterocycles. The minimum absolute atomic E-state index is 0. The first kappa shape index (κ1) is 22.6. The van der Waals surface area contributed by atoms with E-state index in [0.717, 1.165) is 0 Å². The summed E-state index contributed by atoms with van der Waals surface area (Å²) in [5, 5.41) is 8.23.